The largest absolute Gasteiger partial charge is 0.489 e. The van der Waals surface area contributed by atoms with E-state index in [2.05, 4.69) is 79.4 Å². The molecular formula is C26H41FN6O. The van der Waals surface area contributed by atoms with E-state index in [-0.39, 0.29) is 35.1 Å². The predicted octanol–water partition coefficient (Wildman–Crippen LogP) is 6.03. The van der Waals surface area contributed by atoms with Crippen molar-refractivity contribution in [2.75, 3.05) is 23.0 Å². The van der Waals surface area contributed by atoms with Gasteiger partial charge in [-0.25, -0.2) is 9.37 Å². The fraction of sp³-hybridized carbons (Fsp3) is 0.615. The molecule has 1 aliphatic rings. The van der Waals surface area contributed by atoms with Crippen LogP contribution in [0.2, 0.25) is 0 Å². The number of aromatic nitrogens is 2. The van der Waals surface area contributed by atoms with E-state index in [9.17, 15) is 4.39 Å². The average Bonchev–Trinajstić information content (AvgIpc) is 2.69. The van der Waals surface area contributed by atoms with Crippen LogP contribution in [-0.4, -0.2) is 51.2 Å². The third kappa shape index (κ3) is 6.29. The van der Waals surface area contributed by atoms with Gasteiger partial charge in [-0.15, -0.1) is 0 Å². The normalized spacial score (nSPS) is 18.2. The summed E-state index contributed by atoms with van der Waals surface area (Å²) in [6.45, 7) is 17.0. The zero-order valence-corrected chi connectivity index (χ0v) is 22.1. The summed E-state index contributed by atoms with van der Waals surface area (Å²) in [7, 11) is 2.16. The molecule has 1 fully saturated rings. The molecule has 1 aromatic heterocycles. The van der Waals surface area contributed by atoms with Gasteiger partial charge >= 0.3 is 0 Å². The highest BCUT2D eigenvalue weighted by molar-refractivity contribution is 5.68. The van der Waals surface area contributed by atoms with Crippen molar-refractivity contribution in [3.8, 4) is 5.75 Å². The van der Waals surface area contributed by atoms with Gasteiger partial charge in [0.2, 0.25) is 5.95 Å². The predicted molar refractivity (Wildman–Crippen MR) is 139 cm³/mol. The molecule has 0 amide bonds. The summed E-state index contributed by atoms with van der Waals surface area (Å²) in [5.41, 5.74) is 1.65. The minimum absolute atomic E-state index is 0.0103. The van der Waals surface area contributed by atoms with Gasteiger partial charge in [-0.05, 0) is 93.5 Å². The molecule has 34 heavy (non-hydrogen) atoms. The van der Waals surface area contributed by atoms with Gasteiger partial charge in [0.1, 0.15) is 5.75 Å². The Bertz CT molecular complexity index is 973. The number of ether oxygens (including phenoxy) is 1. The Kier molecular flexibility index (Phi) is 7.60. The van der Waals surface area contributed by atoms with Crippen LogP contribution in [0.5, 0.6) is 5.75 Å². The molecule has 0 atom stereocenters. The number of nitrogens with one attached hydrogen (secondary N) is 3. The smallest absolute Gasteiger partial charge is 0.229 e. The lowest BCUT2D eigenvalue weighted by Gasteiger charge is -2.53. The lowest BCUT2D eigenvalue weighted by molar-refractivity contribution is -0.00778. The Morgan fingerprint density at radius 2 is 1.74 bits per heavy atom. The van der Waals surface area contributed by atoms with Crippen molar-refractivity contribution in [3.05, 3.63) is 30.2 Å². The first-order chi connectivity index (χ1) is 15.8. The Morgan fingerprint density at radius 1 is 1.09 bits per heavy atom. The lowest BCUT2D eigenvalue weighted by Crippen LogP contribution is -2.61. The highest BCUT2D eigenvalue weighted by Crippen LogP contribution is 2.38. The van der Waals surface area contributed by atoms with E-state index >= 15 is 0 Å². The van der Waals surface area contributed by atoms with Gasteiger partial charge in [-0.1, -0.05) is 0 Å². The number of benzene rings is 1. The standard InChI is InChI=1S/C26H41FN6O/c1-16(2)29-21-12-18(10-11-22(21)34-17(3)4)31-24-28-15-20(27)23(32-24)30-19-13-25(5,6)33(9)26(7,8)14-19/h10-12,15-17,19,29H,13-14H2,1-9H3,(H2,28,30,31,32). The number of hydrogen-bond donors (Lipinski definition) is 3. The molecule has 3 N–H and O–H groups in total. The summed E-state index contributed by atoms with van der Waals surface area (Å²) < 4.78 is 20.6. The van der Waals surface area contributed by atoms with Crippen LogP contribution < -0.4 is 20.7 Å². The maximum atomic E-state index is 14.7. The van der Waals surface area contributed by atoms with Gasteiger partial charge in [0, 0.05) is 28.8 Å². The highest BCUT2D eigenvalue weighted by Gasteiger charge is 2.43. The molecule has 0 bridgehead atoms. The number of rotatable bonds is 8. The van der Waals surface area contributed by atoms with Crippen molar-refractivity contribution >= 4 is 23.1 Å². The summed E-state index contributed by atoms with van der Waals surface area (Å²) in [5, 5.41) is 9.98. The van der Waals surface area contributed by atoms with E-state index in [4.69, 9.17) is 4.74 Å². The van der Waals surface area contributed by atoms with Crippen molar-refractivity contribution in [2.45, 2.75) is 97.5 Å². The molecule has 8 heteroatoms. The molecule has 0 saturated carbocycles. The summed E-state index contributed by atoms with van der Waals surface area (Å²) in [5.74, 6) is 0.884. The highest BCUT2D eigenvalue weighted by atomic mass is 19.1. The zero-order valence-electron chi connectivity index (χ0n) is 22.1. The van der Waals surface area contributed by atoms with E-state index in [1.165, 1.54) is 6.20 Å². The number of anilines is 4. The first kappa shape index (κ1) is 26.0. The van der Waals surface area contributed by atoms with Crippen molar-refractivity contribution in [3.63, 3.8) is 0 Å². The first-order valence-corrected chi connectivity index (χ1v) is 12.1. The van der Waals surface area contributed by atoms with Gasteiger partial charge < -0.3 is 20.7 Å². The van der Waals surface area contributed by atoms with Crippen LogP contribution >= 0.6 is 0 Å². The minimum atomic E-state index is -0.456. The van der Waals surface area contributed by atoms with E-state index in [1.807, 2.05) is 32.0 Å². The third-order valence-electron chi connectivity index (χ3n) is 6.44. The van der Waals surface area contributed by atoms with E-state index < -0.39 is 5.82 Å². The van der Waals surface area contributed by atoms with Crippen molar-refractivity contribution in [1.29, 1.82) is 0 Å². The van der Waals surface area contributed by atoms with Crippen molar-refractivity contribution < 1.29 is 9.13 Å². The zero-order chi connectivity index (χ0) is 25.3. The molecule has 7 nitrogen and oxygen atoms in total. The fourth-order valence-electron chi connectivity index (χ4n) is 4.71. The average molecular weight is 473 g/mol. The van der Waals surface area contributed by atoms with Crippen LogP contribution in [0.1, 0.15) is 68.2 Å². The summed E-state index contributed by atoms with van der Waals surface area (Å²) in [4.78, 5) is 11.0. The summed E-state index contributed by atoms with van der Waals surface area (Å²) in [6, 6.07) is 6.13. The molecule has 0 spiro atoms. The van der Waals surface area contributed by atoms with Crippen LogP contribution in [-0.2, 0) is 0 Å². The Labute approximate surface area is 203 Å². The molecular weight excluding hydrogens is 431 g/mol. The number of halogens is 1. The Morgan fingerprint density at radius 3 is 2.32 bits per heavy atom. The molecule has 3 rings (SSSR count). The molecule has 188 valence electrons. The number of hydrogen-bond acceptors (Lipinski definition) is 7. The van der Waals surface area contributed by atoms with Crippen molar-refractivity contribution in [2.24, 2.45) is 0 Å². The molecule has 2 aromatic rings. The monoisotopic (exact) mass is 472 g/mol. The van der Waals surface area contributed by atoms with Crippen molar-refractivity contribution in [1.82, 2.24) is 14.9 Å². The molecule has 1 aromatic carbocycles. The second kappa shape index (κ2) is 9.94. The number of likely N-dealkylation sites (tertiary alicyclic amines) is 1. The van der Waals surface area contributed by atoms with E-state index in [1.54, 1.807) is 0 Å². The van der Waals surface area contributed by atoms with E-state index in [0.29, 0.717) is 5.95 Å². The summed E-state index contributed by atoms with van der Waals surface area (Å²) in [6.07, 6.45) is 3.06. The maximum absolute atomic E-state index is 14.7. The number of nitrogens with zero attached hydrogens (tertiary/aromatic N) is 3. The van der Waals surface area contributed by atoms with Crippen LogP contribution in [0.15, 0.2) is 24.4 Å². The minimum Gasteiger partial charge on any atom is -0.489 e. The fourth-order valence-corrected chi connectivity index (χ4v) is 4.71. The van der Waals surface area contributed by atoms with Gasteiger partial charge in [0.05, 0.1) is 18.0 Å². The quantitative estimate of drug-likeness (QED) is 0.433. The van der Waals surface area contributed by atoms with Crippen LogP contribution in [0, 0.1) is 5.82 Å². The third-order valence-corrected chi connectivity index (χ3v) is 6.44. The van der Waals surface area contributed by atoms with Gasteiger partial charge in [0.15, 0.2) is 11.6 Å². The van der Waals surface area contributed by atoms with Crippen LogP contribution in [0.25, 0.3) is 0 Å². The lowest BCUT2D eigenvalue weighted by atomic mass is 9.77. The van der Waals surface area contributed by atoms with Gasteiger partial charge in [-0.2, -0.15) is 4.98 Å². The summed E-state index contributed by atoms with van der Waals surface area (Å²) >= 11 is 0. The van der Waals surface area contributed by atoms with Crippen LogP contribution in [0.3, 0.4) is 0 Å². The Balaban J connectivity index is 1.80. The second-order valence-corrected chi connectivity index (χ2v) is 11.1. The first-order valence-electron chi connectivity index (χ1n) is 12.1. The molecule has 0 radical (unpaired) electrons. The SMILES string of the molecule is CC(C)Nc1cc(Nc2ncc(F)c(NC3CC(C)(C)N(C)C(C)(C)C3)n2)ccc1OC(C)C. The molecule has 1 aliphatic heterocycles. The van der Waals surface area contributed by atoms with Gasteiger partial charge in [-0.3, -0.25) is 4.90 Å². The van der Waals surface area contributed by atoms with Crippen LogP contribution in [0.4, 0.5) is 27.5 Å². The topological polar surface area (TPSA) is 74.3 Å². The van der Waals surface area contributed by atoms with E-state index in [0.717, 1.165) is 30.0 Å². The molecule has 0 unspecified atom stereocenters. The molecule has 1 saturated heterocycles. The molecule has 0 aliphatic carbocycles. The second-order valence-electron chi connectivity index (χ2n) is 11.1. The van der Waals surface area contributed by atoms with Gasteiger partial charge in [0.25, 0.3) is 0 Å². The molecule has 2 heterocycles. The Hall–Kier alpha value is -2.61. The maximum Gasteiger partial charge on any atom is 0.229 e. The number of piperidine rings is 1.